The molecule has 8 nitrogen and oxygen atoms in total. The summed E-state index contributed by atoms with van der Waals surface area (Å²) in [5, 5.41) is 5.77. The zero-order valence-corrected chi connectivity index (χ0v) is 15.6. The Bertz CT molecular complexity index is 896. The predicted octanol–water partition coefficient (Wildman–Crippen LogP) is 2.14. The standard InChI is InChI=1S/C20H21FN4O4/c1-2-7-23-20(26)29-16-11-28-17-15(10-27-18(16)17)25-19-22-8-6-14(24-19)12-4-3-5-13(21)9-12/h2-6,8-9,15-18H,1,7,10-11H2,(H,23,26)(H,22,24,25)/t15-,16+,17+,18+/m0/s1. The first-order chi connectivity index (χ1) is 14.1. The highest BCUT2D eigenvalue weighted by molar-refractivity contribution is 5.67. The van der Waals surface area contributed by atoms with Crippen molar-refractivity contribution in [2.45, 2.75) is 24.4 Å². The SMILES string of the molecule is C=CCNC(=O)O[C@@H]1CO[C@H]2[C@@H]1OC[C@@H]2Nc1nccc(-c2cccc(F)c2)n1. The van der Waals surface area contributed by atoms with E-state index >= 15 is 0 Å². The molecule has 0 bridgehead atoms. The van der Waals surface area contributed by atoms with Gasteiger partial charge in [0.15, 0.2) is 6.10 Å². The van der Waals surface area contributed by atoms with Gasteiger partial charge in [-0.3, -0.25) is 0 Å². The van der Waals surface area contributed by atoms with Crippen molar-refractivity contribution in [1.82, 2.24) is 15.3 Å². The highest BCUT2D eigenvalue weighted by Gasteiger charge is 2.49. The van der Waals surface area contributed by atoms with E-state index in [0.717, 1.165) is 0 Å². The fraction of sp³-hybridized carbons (Fsp3) is 0.350. The second-order valence-corrected chi connectivity index (χ2v) is 6.74. The largest absolute Gasteiger partial charge is 0.441 e. The maximum absolute atomic E-state index is 13.5. The molecule has 0 radical (unpaired) electrons. The normalized spacial score (nSPS) is 25.3. The molecular formula is C20H21FN4O4. The third-order valence-corrected chi connectivity index (χ3v) is 4.75. The predicted molar refractivity (Wildman–Crippen MR) is 103 cm³/mol. The monoisotopic (exact) mass is 400 g/mol. The van der Waals surface area contributed by atoms with Gasteiger partial charge in [-0.1, -0.05) is 18.2 Å². The number of fused-ring (bicyclic) bond motifs is 1. The van der Waals surface area contributed by atoms with E-state index < -0.39 is 12.2 Å². The first-order valence-electron chi connectivity index (χ1n) is 9.28. The van der Waals surface area contributed by atoms with E-state index in [1.54, 1.807) is 30.5 Å². The second kappa shape index (κ2) is 8.54. The highest BCUT2D eigenvalue weighted by Crippen LogP contribution is 2.30. The summed E-state index contributed by atoms with van der Waals surface area (Å²) in [6.45, 7) is 4.47. The van der Waals surface area contributed by atoms with Crippen LogP contribution in [-0.4, -0.2) is 60.2 Å². The lowest BCUT2D eigenvalue weighted by Gasteiger charge is -2.18. The molecule has 29 heavy (non-hydrogen) atoms. The number of halogens is 1. The number of aromatic nitrogens is 2. The van der Waals surface area contributed by atoms with Gasteiger partial charge >= 0.3 is 6.09 Å². The van der Waals surface area contributed by atoms with Gasteiger partial charge in [-0.15, -0.1) is 6.58 Å². The summed E-state index contributed by atoms with van der Waals surface area (Å²) in [4.78, 5) is 20.5. The van der Waals surface area contributed by atoms with Crippen molar-refractivity contribution < 1.29 is 23.4 Å². The van der Waals surface area contributed by atoms with Crippen LogP contribution in [0.1, 0.15) is 0 Å². The van der Waals surface area contributed by atoms with Crippen molar-refractivity contribution in [1.29, 1.82) is 0 Å². The third-order valence-electron chi connectivity index (χ3n) is 4.75. The number of benzene rings is 1. The second-order valence-electron chi connectivity index (χ2n) is 6.74. The number of carbonyl (C=O) groups is 1. The summed E-state index contributed by atoms with van der Waals surface area (Å²) in [5.41, 5.74) is 1.26. The number of carbonyl (C=O) groups excluding carboxylic acids is 1. The number of hydrogen-bond acceptors (Lipinski definition) is 7. The van der Waals surface area contributed by atoms with E-state index in [0.29, 0.717) is 30.4 Å². The van der Waals surface area contributed by atoms with E-state index in [1.807, 2.05) is 0 Å². The van der Waals surface area contributed by atoms with Gasteiger partial charge in [0.2, 0.25) is 5.95 Å². The van der Waals surface area contributed by atoms with Crippen LogP contribution < -0.4 is 10.6 Å². The van der Waals surface area contributed by atoms with E-state index in [4.69, 9.17) is 14.2 Å². The molecule has 0 spiro atoms. The summed E-state index contributed by atoms with van der Waals surface area (Å²) >= 11 is 0. The summed E-state index contributed by atoms with van der Waals surface area (Å²) < 4.78 is 30.4. The molecule has 2 aromatic rings. The Labute approximate surface area is 167 Å². The smallest absolute Gasteiger partial charge is 0.407 e. The molecule has 1 aromatic carbocycles. The number of anilines is 1. The Morgan fingerprint density at radius 2 is 2.17 bits per heavy atom. The molecule has 1 amide bonds. The number of hydrogen-bond donors (Lipinski definition) is 2. The van der Waals surface area contributed by atoms with Crippen molar-refractivity contribution in [3.8, 4) is 11.3 Å². The summed E-state index contributed by atoms with van der Waals surface area (Å²) in [7, 11) is 0. The number of ether oxygens (including phenoxy) is 3. The van der Waals surface area contributed by atoms with E-state index in [1.165, 1.54) is 12.1 Å². The fourth-order valence-corrected chi connectivity index (χ4v) is 3.43. The van der Waals surface area contributed by atoms with Crippen LogP contribution in [0.25, 0.3) is 11.3 Å². The van der Waals surface area contributed by atoms with Gasteiger partial charge in [0.05, 0.1) is 24.9 Å². The van der Waals surface area contributed by atoms with Crippen LogP contribution in [0, 0.1) is 5.82 Å². The van der Waals surface area contributed by atoms with Crippen molar-refractivity contribution in [3.63, 3.8) is 0 Å². The molecule has 2 aliphatic rings. The van der Waals surface area contributed by atoms with Gasteiger partial charge in [0, 0.05) is 18.3 Å². The van der Waals surface area contributed by atoms with Crippen LogP contribution in [0.4, 0.5) is 15.1 Å². The van der Waals surface area contributed by atoms with Crippen molar-refractivity contribution >= 4 is 12.0 Å². The van der Waals surface area contributed by atoms with Gasteiger partial charge in [-0.2, -0.15) is 0 Å². The summed E-state index contributed by atoms with van der Waals surface area (Å²) in [5.74, 6) is 0.0582. The number of nitrogens with one attached hydrogen (secondary N) is 2. The maximum atomic E-state index is 13.5. The van der Waals surface area contributed by atoms with Crippen molar-refractivity contribution in [2.24, 2.45) is 0 Å². The van der Waals surface area contributed by atoms with Crippen LogP contribution in [-0.2, 0) is 14.2 Å². The van der Waals surface area contributed by atoms with E-state index in [-0.39, 0.29) is 30.7 Å². The summed E-state index contributed by atoms with van der Waals surface area (Å²) in [6, 6.07) is 7.73. The topological polar surface area (TPSA) is 94.6 Å². The minimum atomic E-state index is -0.537. The maximum Gasteiger partial charge on any atom is 0.407 e. The minimum Gasteiger partial charge on any atom is -0.441 e. The molecule has 4 atom stereocenters. The molecule has 0 unspecified atom stereocenters. The van der Waals surface area contributed by atoms with Crippen LogP contribution in [0.2, 0.25) is 0 Å². The molecular weight excluding hydrogens is 379 g/mol. The lowest BCUT2D eigenvalue weighted by Crippen LogP contribution is -2.39. The van der Waals surface area contributed by atoms with Crippen LogP contribution in [0.15, 0.2) is 49.2 Å². The zero-order valence-electron chi connectivity index (χ0n) is 15.6. The van der Waals surface area contributed by atoms with Crippen LogP contribution in [0.3, 0.4) is 0 Å². The molecule has 2 fully saturated rings. The minimum absolute atomic E-state index is 0.201. The fourth-order valence-electron chi connectivity index (χ4n) is 3.43. The molecule has 3 heterocycles. The molecule has 2 aliphatic heterocycles. The third kappa shape index (κ3) is 4.36. The molecule has 4 rings (SSSR count). The van der Waals surface area contributed by atoms with Gasteiger partial charge in [0.25, 0.3) is 0 Å². The Kier molecular flexibility index (Phi) is 5.68. The molecule has 0 aliphatic carbocycles. The van der Waals surface area contributed by atoms with Crippen LogP contribution in [0.5, 0.6) is 0 Å². The first kappa shape index (κ1) is 19.3. The average molecular weight is 400 g/mol. The van der Waals surface area contributed by atoms with Gasteiger partial charge in [0.1, 0.15) is 18.0 Å². The van der Waals surface area contributed by atoms with Gasteiger partial charge in [-0.05, 0) is 18.2 Å². The Balaban J connectivity index is 1.40. The zero-order chi connectivity index (χ0) is 20.2. The van der Waals surface area contributed by atoms with Crippen LogP contribution >= 0.6 is 0 Å². The molecule has 152 valence electrons. The Morgan fingerprint density at radius 3 is 3.00 bits per heavy atom. The lowest BCUT2D eigenvalue weighted by atomic mass is 10.1. The van der Waals surface area contributed by atoms with Gasteiger partial charge in [-0.25, -0.2) is 19.2 Å². The number of nitrogens with zero attached hydrogens (tertiary/aromatic N) is 2. The highest BCUT2D eigenvalue weighted by atomic mass is 19.1. The van der Waals surface area contributed by atoms with E-state index in [2.05, 4.69) is 27.2 Å². The Morgan fingerprint density at radius 1 is 1.31 bits per heavy atom. The quantitative estimate of drug-likeness (QED) is 0.718. The average Bonchev–Trinajstić information content (AvgIpc) is 3.30. The first-order valence-corrected chi connectivity index (χ1v) is 9.28. The summed E-state index contributed by atoms with van der Waals surface area (Å²) in [6.07, 6.45) is 1.48. The van der Waals surface area contributed by atoms with Crippen molar-refractivity contribution in [3.05, 3.63) is 55.0 Å². The molecule has 2 saturated heterocycles. The number of alkyl carbamates (subject to hydrolysis) is 1. The van der Waals surface area contributed by atoms with Crippen molar-refractivity contribution in [2.75, 3.05) is 25.1 Å². The lowest BCUT2D eigenvalue weighted by molar-refractivity contribution is 0.00475. The Hall–Kier alpha value is -3.04. The molecule has 2 N–H and O–H groups in total. The van der Waals surface area contributed by atoms with Gasteiger partial charge < -0.3 is 24.8 Å². The molecule has 1 aromatic heterocycles. The molecule has 9 heteroatoms. The molecule has 0 saturated carbocycles. The number of rotatable bonds is 6. The van der Waals surface area contributed by atoms with E-state index in [9.17, 15) is 9.18 Å². The number of amides is 1.